The second-order valence-electron chi connectivity index (χ2n) is 5.18. The maximum Gasteiger partial charge on any atom is 0.269 e. The minimum absolute atomic E-state index is 0.167. The van der Waals surface area contributed by atoms with Crippen LogP contribution < -0.4 is 5.32 Å². The van der Waals surface area contributed by atoms with Crippen molar-refractivity contribution in [1.29, 1.82) is 0 Å². The van der Waals surface area contributed by atoms with Gasteiger partial charge in [0.2, 0.25) is 5.13 Å². The number of pyridine rings is 1. The zero-order valence-corrected chi connectivity index (χ0v) is 13.8. The van der Waals surface area contributed by atoms with Crippen molar-refractivity contribution in [1.82, 2.24) is 25.1 Å². The van der Waals surface area contributed by atoms with Gasteiger partial charge in [0.25, 0.3) is 5.91 Å². The van der Waals surface area contributed by atoms with Gasteiger partial charge in [-0.15, -0.1) is 11.3 Å². The van der Waals surface area contributed by atoms with E-state index in [-0.39, 0.29) is 5.91 Å². The molecule has 0 bridgehead atoms. The Bertz CT molecular complexity index is 809. The lowest BCUT2D eigenvalue weighted by Crippen LogP contribution is -2.26. The van der Waals surface area contributed by atoms with Gasteiger partial charge in [-0.05, 0) is 32.0 Å². The maximum atomic E-state index is 11.9. The topological polar surface area (TPSA) is 72.7 Å². The Morgan fingerprint density at radius 1 is 1.35 bits per heavy atom. The third kappa shape index (κ3) is 3.62. The van der Waals surface area contributed by atoms with Crippen molar-refractivity contribution < 1.29 is 4.79 Å². The molecular weight excluding hydrogens is 310 g/mol. The quantitative estimate of drug-likeness (QED) is 0.780. The molecule has 0 fully saturated rings. The molecule has 3 aromatic heterocycles. The minimum Gasteiger partial charge on any atom is -0.350 e. The number of hydrogen-bond donors (Lipinski definition) is 1. The fourth-order valence-corrected chi connectivity index (χ4v) is 3.09. The van der Waals surface area contributed by atoms with E-state index < -0.39 is 0 Å². The summed E-state index contributed by atoms with van der Waals surface area (Å²) in [5.74, 6) is -0.167. The number of aryl methyl sites for hydroxylation is 2. The predicted molar refractivity (Wildman–Crippen MR) is 89.0 cm³/mol. The van der Waals surface area contributed by atoms with Gasteiger partial charge in [0.15, 0.2) is 0 Å². The summed E-state index contributed by atoms with van der Waals surface area (Å²) >= 11 is 1.55. The minimum atomic E-state index is -0.167. The van der Waals surface area contributed by atoms with Gasteiger partial charge in [-0.25, -0.2) is 9.67 Å². The zero-order valence-electron chi connectivity index (χ0n) is 13.0. The highest BCUT2D eigenvalue weighted by molar-refractivity contribution is 7.12. The van der Waals surface area contributed by atoms with Crippen LogP contribution in [0.3, 0.4) is 0 Å². The molecule has 7 heteroatoms. The van der Waals surface area contributed by atoms with Gasteiger partial charge in [-0.2, -0.15) is 5.10 Å². The van der Waals surface area contributed by atoms with Gasteiger partial charge in [-0.3, -0.25) is 9.78 Å². The van der Waals surface area contributed by atoms with Crippen LogP contribution in [-0.4, -0.2) is 32.2 Å². The van der Waals surface area contributed by atoms with E-state index in [9.17, 15) is 4.79 Å². The number of amides is 1. The summed E-state index contributed by atoms with van der Waals surface area (Å²) in [6.07, 6.45) is 2.28. The van der Waals surface area contributed by atoms with Crippen molar-refractivity contribution in [2.24, 2.45) is 0 Å². The van der Waals surface area contributed by atoms with Crippen molar-refractivity contribution in [3.63, 3.8) is 0 Å². The molecule has 0 atom stereocenters. The zero-order chi connectivity index (χ0) is 16.2. The van der Waals surface area contributed by atoms with E-state index in [2.05, 4.69) is 20.4 Å². The van der Waals surface area contributed by atoms with E-state index in [0.717, 1.165) is 22.2 Å². The van der Waals surface area contributed by atoms with Crippen LogP contribution in [0.15, 0.2) is 35.8 Å². The summed E-state index contributed by atoms with van der Waals surface area (Å²) < 4.78 is 1.84. The lowest BCUT2D eigenvalue weighted by atomic mass is 10.3. The van der Waals surface area contributed by atoms with Crippen LogP contribution in [0.2, 0.25) is 0 Å². The molecule has 118 valence electrons. The van der Waals surface area contributed by atoms with E-state index >= 15 is 0 Å². The first-order chi connectivity index (χ1) is 11.1. The molecule has 1 amide bonds. The van der Waals surface area contributed by atoms with Crippen LogP contribution in [0.1, 0.15) is 27.6 Å². The fraction of sp³-hybridized carbons (Fsp3) is 0.250. The molecule has 0 spiro atoms. The van der Waals surface area contributed by atoms with Gasteiger partial charge < -0.3 is 5.32 Å². The second-order valence-corrected chi connectivity index (χ2v) is 6.02. The lowest BCUT2D eigenvalue weighted by Gasteiger charge is -2.03. The van der Waals surface area contributed by atoms with Gasteiger partial charge >= 0.3 is 0 Å². The van der Waals surface area contributed by atoms with Crippen molar-refractivity contribution >= 4 is 17.2 Å². The van der Waals surface area contributed by atoms with Crippen molar-refractivity contribution in [3.05, 3.63) is 58.6 Å². The van der Waals surface area contributed by atoms with Crippen LogP contribution in [0, 0.1) is 13.8 Å². The molecule has 0 saturated heterocycles. The van der Waals surface area contributed by atoms with E-state index in [0.29, 0.717) is 18.7 Å². The van der Waals surface area contributed by atoms with E-state index in [1.54, 1.807) is 35.7 Å². The highest BCUT2D eigenvalue weighted by Crippen LogP contribution is 2.17. The second kappa shape index (κ2) is 6.70. The number of nitrogens with one attached hydrogen (secondary N) is 1. The summed E-state index contributed by atoms with van der Waals surface area (Å²) in [4.78, 5) is 20.5. The molecule has 0 aliphatic carbocycles. The lowest BCUT2D eigenvalue weighted by molar-refractivity contribution is 0.0949. The molecule has 0 aromatic carbocycles. The van der Waals surface area contributed by atoms with Crippen molar-refractivity contribution in [3.8, 4) is 5.13 Å². The molecule has 0 aliphatic heterocycles. The van der Waals surface area contributed by atoms with Crippen molar-refractivity contribution in [2.75, 3.05) is 6.54 Å². The smallest absolute Gasteiger partial charge is 0.269 e. The predicted octanol–water partition coefficient (Wildman–Crippen LogP) is 2.31. The van der Waals surface area contributed by atoms with Gasteiger partial charge in [-0.1, -0.05) is 6.07 Å². The average molecular weight is 327 g/mol. The van der Waals surface area contributed by atoms with E-state index in [1.165, 1.54) is 0 Å². The standard InChI is InChI=1S/C16H17N5OS/c1-11-9-12(2)21(20-11)16-19-13(10-23-16)6-8-18-15(22)14-5-3-4-7-17-14/h3-5,7,9-10H,6,8H2,1-2H3,(H,18,22). The number of hydrogen-bond acceptors (Lipinski definition) is 5. The molecule has 3 rings (SSSR count). The summed E-state index contributed by atoms with van der Waals surface area (Å²) in [5.41, 5.74) is 3.40. The fourth-order valence-electron chi connectivity index (χ4n) is 2.22. The molecule has 23 heavy (non-hydrogen) atoms. The summed E-state index contributed by atoms with van der Waals surface area (Å²) in [6.45, 7) is 4.50. The van der Waals surface area contributed by atoms with Gasteiger partial charge in [0, 0.05) is 30.2 Å². The Hall–Kier alpha value is -2.54. The van der Waals surface area contributed by atoms with Gasteiger partial charge in [0.1, 0.15) is 5.69 Å². The van der Waals surface area contributed by atoms with Crippen LogP contribution in [0.25, 0.3) is 5.13 Å². The Labute approximate surface area is 138 Å². The highest BCUT2D eigenvalue weighted by Gasteiger charge is 2.09. The molecule has 1 N–H and O–H groups in total. The summed E-state index contributed by atoms with van der Waals surface area (Å²) in [7, 11) is 0. The third-order valence-corrected chi connectivity index (χ3v) is 4.16. The number of carbonyl (C=O) groups is 1. The monoisotopic (exact) mass is 327 g/mol. The van der Waals surface area contributed by atoms with Crippen LogP contribution in [-0.2, 0) is 6.42 Å². The number of nitrogens with zero attached hydrogens (tertiary/aromatic N) is 4. The van der Waals surface area contributed by atoms with E-state index in [1.807, 2.05) is 30.0 Å². The normalized spacial score (nSPS) is 10.7. The highest BCUT2D eigenvalue weighted by atomic mass is 32.1. The number of aromatic nitrogens is 4. The van der Waals surface area contributed by atoms with Crippen LogP contribution >= 0.6 is 11.3 Å². The first-order valence-corrected chi connectivity index (χ1v) is 8.19. The molecule has 0 saturated carbocycles. The molecular formula is C16H17N5OS. The summed E-state index contributed by atoms with van der Waals surface area (Å²) in [6, 6.07) is 7.29. The Morgan fingerprint density at radius 2 is 2.22 bits per heavy atom. The van der Waals surface area contributed by atoms with E-state index in [4.69, 9.17) is 0 Å². The molecule has 0 unspecified atom stereocenters. The van der Waals surface area contributed by atoms with Crippen LogP contribution in [0.4, 0.5) is 0 Å². The Kier molecular flexibility index (Phi) is 4.47. The molecule has 3 heterocycles. The molecule has 0 aliphatic rings. The largest absolute Gasteiger partial charge is 0.350 e. The third-order valence-electron chi connectivity index (χ3n) is 3.29. The SMILES string of the molecule is Cc1cc(C)n(-c2nc(CCNC(=O)c3ccccn3)cs2)n1. The Balaban J connectivity index is 1.58. The molecule has 0 radical (unpaired) electrons. The molecule has 3 aromatic rings. The van der Waals surface area contributed by atoms with Gasteiger partial charge in [0.05, 0.1) is 11.4 Å². The first kappa shape index (κ1) is 15.4. The van der Waals surface area contributed by atoms with Crippen molar-refractivity contribution in [2.45, 2.75) is 20.3 Å². The van der Waals surface area contributed by atoms with Crippen LogP contribution in [0.5, 0.6) is 0 Å². The average Bonchev–Trinajstić information content (AvgIpc) is 3.14. The summed E-state index contributed by atoms with van der Waals surface area (Å²) in [5, 5.41) is 10.1. The Morgan fingerprint density at radius 3 is 2.91 bits per heavy atom. The molecule has 6 nitrogen and oxygen atoms in total. The first-order valence-electron chi connectivity index (χ1n) is 7.31. The maximum absolute atomic E-state index is 11.9. The number of thiazole rings is 1. The number of rotatable bonds is 5. The number of carbonyl (C=O) groups excluding carboxylic acids is 1.